The van der Waals surface area contributed by atoms with Gasteiger partial charge in [0.1, 0.15) is 6.26 Å². The summed E-state index contributed by atoms with van der Waals surface area (Å²) in [6, 6.07) is 3.88. The zero-order valence-electron chi connectivity index (χ0n) is 12.0. The molecule has 3 rings (SSSR count). The van der Waals surface area contributed by atoms with Crippen LogP contribution in [0.1, 0.15) is 28.9 Å². The Morgan fingerprint density at radius 1 is 1.38 bits per heavy atom. The highest BCUT2D eigenvalue weighted by atomic mass is 16.3. The van der Waals surface area contributed by atoms with Gasteiger partial charge in [0, 0.05) is 31.0 Å². The smallest absolute Gasteiger partial charge is 0.257 e. The summed E-state index contributed by atoms with van der Waals surface area (Å²) in [5, 5.41) is 3.34. The summed E-state index contributed by atoms with van der Waals surface area (Å²) < 4.78 is 4.96. The van der Waals surface area contributed by atoms with Crippen LogP contribution in [0.5, 0.6) is 0 Å². The molecule has 0 unspecified atom stereocenters. The molecule has 1 fully saturated rings. The molecule has 0 bridgehead atoms. The maximum absolute atomic E-state index is 12.2. The third-order valence-electron chi connectivity index (χ3n) is 3.68. The first kappa shape index (κ1) is 13.6. The van der Waals surface area contributed by atoms with E-state index in [0.717, 1.165) is 31.6 Å². The van der Waals surface area contributed by atoms with E-state index >= 15 is 0 Å². The minimum Gasteiger partial charge on any atom is -0.472 e. The summed E-state index contributed by atoms with van der Waals surface area (Å²) in [7, 11) is 0. The van der Waals surface area contributed by atoms with Crippen molar-refractivity contribution in [2.24, 2.45) is 0 Å². The van der Waals surface area contributed by atoms with Gasteiger partial charge in [-0.15, -0.1) is 0 Å². The Morgan fingerprint density at radius 3 is 2.86 bits per heavy atom. The molecule has 1 N–H and O–H groups in total. The van der Waals surface area contributed by atoms with Gasteiger partial charge >= 0.3 is 0 Å². The van der Waals surface area contributed by atoms with E-state index in [1.807, 2.05) is 17.9 Å². The number of rotatable bonds is 3. The fourth-order valence-electron chi connectivity index (χ4n) is 2.50. The van der Waals surface area contributed by atoms with Gasteiger partial charge in [0.25, 0.3) is 5.91 Å². The van der Waals surface area contributed by atoms with Crippen molar-refractivity contribution in [2.45, 2.75) is 25.8 Å². The lowest BCUT2D eigenvalue weighted by Gasteiger charge is -2.32. The molecule has 0 radical (unpaired) electrons. The van der Waals surface area contributed by atoms with Crippen molar-refractivity contribution in [3.05, 3.63) is 42.1 Å². The van der Waals surface area contributed by atoms with Gasteiger partial charge in [0.2, 0.25) is 5.95 Å². The summed E-state index contributed by atoms with van der Waals surface area (Å²) in [6.45, 7) is 3.40. The number of hydrogen-bond donors (Lipinski definition) is 1. The topological polar surface area (TPSA) is 71.3 Å². The first-order valence-corrected chi connectivity index (χ1v) is 7.10. The molecule has 1 amide bonds. The van der Waals surface area contributed by atoms with Crippen LogP contribution >= 0.6 is 0 Å². The predicted octanol–water partition coefficient (Wildman–Crippen LogP) is 2.09. The van der Waals surface area contributed by atoms with Crippen molar-refractivity contribution in [3.8, 4) is 0 Å². The fraction of sp³-hybridized carbons (Fsp3) is 0.400. The Hall–Kier alpha value is -2.37. The quantitative estimate of drug-likeness (QED) is 0.935. The first-order valence-electron chi connectivity index (χ1n) is 7.10. The lowest BCUT2D eigenvalue weighted by molar-refractivity contribution is 0.0717. The highest BCUT2D eigenvalue weighted by Gasteiger charge is 2.24. The van der Waals surface area contributed by atoms with E-state index in [4.69, 9.17) is 4.42 Å². The Kier molecular flexibility index (Phi) is 3.85. The van der Waals surface area contributed by atoms with Gasteiger partial charge in [-0.05, 0) is 31.9 Å². The number of furan rings is 1. The number of hydrogen-bond acceptors (Lipinski definition) is 5. The highest BCUT2D eigenvalue weighted by Crippen LogP contribution is 2.16. The first-order chi connectivity index (χ1) is 10.2. The van der Waals surface area contributed by atoms with Crippen LogP contribution in [0.2, 0.25) is 0 Å². The SMILES string of the molecule is Cc1ccnc(NC2CCN(C(=O)c3ccoc3)CC2)n1. The number of carbonyl (C=O) groups is 1. The molecule has 3 heterocycles. The molecule has 6 nitrogen and oxygen atoms in total. The van der Waals surface area contributed by atoms with Crippen LogP contribution in [0.4, 0.5) is 5.95 Å². The molecule has 21 heavy (non-hydrogen) atoms. The molecule has 1 aliphatic heterocycles. The molecule has 0 aromatic carbocycles. The minimum atomic E-state index is 0.0361. The van der Waals surface area contributed by atoms with Gasteiger partial charge in [-0.1, -0.05) is 0 Å². The number of likely N-dealkylation sites (tertiary alicyclic amines) is 1. The third-order valence-corrected chi connectivity index (χ3v) is 3.68. The van der Waals surface area contributed by atoms with Gasteiger partial charge in [-0.25, -0.2) is 9.97 Å². The lowest BCUT2D eigenvalue weighted by Crippen LogP contribution is -2.42. The fourth-order valence-corrected chi connectivity index (χ4v) is 2.50. The lowest BCUT2D eigenvalue weighted by atomic mass is 10.0. The predicted molar refractivity (Wildman–Crippen MR) is 78.0 cm³/mol. The number of carbonyl (C=O) groups excluding carboxylic acids is 1. The summed E-state index contributed by atoms with van der Waals surface area (Å²) in [5.74, 6) is 0.698. The van der Waals surface area contributed by atoms with Crippen molar-refractivity contribution in [1.29, 1.82) is 0 Å². The summed E-state index contributed by atoms with van der Waals surface area (Å²) in [5.41, 5.74) is 1.56. The van der Waals surface area contributed by atoms with Gasteiger partial charge in [-0.3, -0.25) is 4.79 Å². The minimum absolute atomic E-state index is 0.0361. The Morgan fingerprint density at radius 2 is 2.19 bits per heavy atom. The van der Waals surface area contributed by atoms with E-state index in [1.165, 1.54) is 12.5 Å². The van der Waals surface area contributed by atoms with E-state index in [1.54, 1.807) is 12.3 Å². The number of nitrogens with one attached hydrogen (secondary N) is 1. The number of aryl methyl sites for hydroxylation is 1. The van der Waals surface area contributed by atoms with Crippen molar-refractivity contribution in [2.75, 3.05) is 18.4 Å². The van der Waals surface area contributed by atoms with Crippen LogP contribution in [0.25, 0.3) is 0 Å². The Bertz CT molecular complexity index is 604. The van der Waals surface area contributed by atoms with Crippen molar-refractivity contribution < 1.29 is 9.21 Å². The average molecular weight is 286 g/mol. The van der Waals surface area contributed by atoms with Crippen LogP contribution < -0.4 is 5.32 Å². The Balaban J connectivity index is 1.54. The number of nitrogens with zero attached hydrogens (tertiary/aromatic N) is 3. The molecule has 0 spiro atoms. The second kappa shape index (κ2) is 5.95. The molecule has 2 aromatic heterocycles. The second-order valence-electron chi connectivity index (χ2n) is 5.24. The monoisotopic (exact) mass is 286 g/mol. The van der Waals surface area contributed by atoms with E-state index in [-0.39, 0.29) is 5.91 Å². The number of amides is 1. The molecule has 110 valence electrons. The van der Waals surface area contributed by atoms with Gasteiger partial charge < -0.3 is 14.6 Å². The number of piperidine rings is 1. The van der Waals surface area contributed by atoms with Gasteiger partial charge in [-0.2, -0.15) is 0 Å². The van der Waals surface area contributed by atoms with Crippen LogP contribution in [0.3, 0.4) is 0 Å². The van der Waals surface area contributed by atoms with E-state index < -0.39 is 0 Å². The zero-order chi connectivity index (χ0) is 14.7. The maximum atomic E-state index is 12.2. The van der Waals surface area contributed by atoms with Crippen LogP contribution in [-0.4, -0.2) is 39.9 Å². The molecular weight excluding hydrogens is 268 g/mol. The summed E-state index contributed by atoms with van der Waals surface area (Å²) in [6.07, 6.45) is 6.55. The standard InChI is InChI=1S/C15H18N4O2/c1-11-2-6-16-15(17-11)18-13-3-7-19(8-4-13)14(20)12-5-9-21-10-12/h2,5-6,9-10,13H,3-4,7-8H2,1H3,(H,16,17,18). The second-order valence-corrected chi connectivity index (χ2v) is 5.24. The molecule has 1 aliphatic rings. The number of aromatic nitrogens is 2. The molecule has 1 saturated heterocycles. The van der Waals surface area contributed by atoms with Crippen LogP contribution in [0.15, 0.2) is 35.3 Å². The van der Waals surface area contributed by atoms with Crippen molar-refractivity contribution in [1.82, 2.24) is 14.9 Å². The van der Waals surface area contributed by atoms with Crippen LogP contribution in [-0.2, 0) is 0 Å². The average Bonchev–Trinajstić information content (AvgIpc) is 3.01. The van der Waals surface area contributed by atoms with E-state index in [2.05, 4.69) is 15.3 Å². The Labute approximate surface area is 123 Å². The maximum Gasteiger partial charge on any atom is 0.257 e. The number of anilines is 1. The summed E-state index contributed by atoms with van der Waals surface area (Å²) in [4.78, 5) is 22.6. The van der Waals surface area contributed by atoms with E-state index in [9.17, 15) is 4.79 Å². The molecule has 6 heteroatoms. The molecule has 2 aromatic rings. The largest absolute Gasteiger partial charge is 0.472 e. The normalized spacial score (nSPS) is 16.0. The third kappa shape index (κ3) is 3.21. The molecule has 0 atom stereocenters. The molecule has 0 aliphatic carbocycles. The summed E-state index contributed by atoms with van der Waals surface area (Å²) >= 11 is 0. The van der Waals surface area contributed by atoms with E-state index in [0.29, 0.717) is 17.6 Å². The zero-order valence-corrected chi connectivity index (χ0v) is 12.0. The molecule has 0 saturated carbocycles. The van der Waals surface area contributed by atoms with Gasteiger partial charge in [0.05, 0.1) is 11.8 Å². The highest BCUT2D eigenvalue weighted by molar-refractivity contribution is 5.93. The van der Waals surface area contributed by atoms with Crippen LogP contribution in [0, 0.1) is 6.92 Å². The molecular formula is C15H18N4O2. The van der Waals surface area contributed by atoms with Crippen molar-refractivity contribution in [3.63, 3.8) is 0 Å². The van der Waals surface area contributed by atoms with Gasteiger partial charge in [0.15, 0.2) is 0 Å². The van der Waals surface area contributed by atoms with Crippen molar-refractivity contribution >= 4 is 11.9 Å².